The molecule has 0 fully saturated rings. The summed E-state index contributed by atoms with van der Waals surface area (Å²) in [7, 11) is 3.70. The number of thioether (sulfide) groups is 1. The summed E-state index contributed by atoms with van der Waals surface area (Å²) < 4.78 is 0. The van der Waals surface area contributed by atoms with Gasteiger partial charge in [-0.2, -0.15) is 26.7 Å². The van der Waals surface area contributed by atoms with E-state index >= 15 is 0 Å². The molecule has 1 aromatic rings. The van der Waals surface area contributed by atoms with Crippen LogP contribution in [-0.4, -0.2) is 47.1 Å². The van der Waals surface area contributed by atoms with Crippen LogP contribution in [0.1, 0.15) is 6.92 Å². The molecule has 16 heavy (non-hydrogen) atoms. The zero-order valence-corrected chi connectivity index (χ0v) is 11.4. The first-order valence-electron chi connectivity index (χ1n) is 4.89. The molecule has 0 amide bonds. The van der Waals surface area contributed by atoms with Crippen molar-refractivity contribution in [1.82, 2.24) is 15.0 Å². The first kappa shape index (κ1) is 13.3. The van der Waals surface area contributed by atoms with Crippen molar-refractivity contribution in [2.45, 2.75) is 13.0 Å². The summed E-state index contributed by atoms with van der Waals surface area (Å²) >= 11 is 7.61. The minimum atomic E-state index is 0.206. The van der Waals surface area contributed by atoms with Crippen LogP contribution in [0, 0.1) is 0 Å². The predicted octanol–water partition coefficient (Wildman–Crippen LogP) is 1.75. The Balaban J connectivity index is 2.89. The number of hydrogen-bond acceptors (Lipinski definition) is 6. The van der Waals surface area contributed by atoms with E-state index < -0.39 is 0 Å². The van der Waals surface area contributed by atoms with E-state index in [0.29, 0.717) is 17.9 Å². The van der Waals surface area contributed by atoms with Crippen LogP contribution in [0.25, 0.3) is 0 Å². The number of halogens is 1. The molecule has 0 aromatic carbocycles. The highest BCUT2D eigenvalue weighted by Gasteiger charge is 2.14. The van der Waals surface area contributed by atoms with Crippen LogP contribution >= 0.6 is 23.4 Å². The molecule has 0 aliphatic rings. The van der Waals surface area contributed by atoms with Gasteiger partial charge in [0.05, 0.1) is 0 Å². The number of anilines is 2. The van der Waals surface area contributed by atoms with Gasteiger partial charge in [-0.25, -0.2) is 0 Å². The van der Waals surface area contributed by atoms with Gasteiger partial charge in [-0.1, -0.05) is 0 Å². The maximum atomic E-state index is 5.82. The van der Waals surface area contributed by atoms with Crippen LogP contribution in [0.2, 0.25) is 5.28 Å². The first-order chi connectivity index (χ1) is 7.58. The molecular formula is C9H16ClN5S. The predicted molar refractivity (Wildman–Crippen MR) is 70.6 cm³/mol. The third kappa shape index (κ3) is 3.38. The Morgan fingerprint density at radius 3 is 2.69 bits per heavy atom. The summed E-state index contributed by atoms with van der Waals surface area (Å²) in [6, 6.07) is 0.346. The fourth-order valence-corrected chi connectivity index (χ4v) is 2.02. The van der Waals surface area contributed by atoms with Crippen molar-refractivity contribution in [1.29, 1.82) is 0 Å². The largest absolute Gasteiger partial charge is 0.357 e. The lowest BCUT2D eigenvalue weighted by molar-refractivity contribution is 0.735. The Morgan fingerprint density at radius 1 is 1.44 bits per heavy atom. The average molecular weight is 262 g/mol. The Kier molecular flexibility index (Phi) is 5.08. The molecule has 0 saturated heterocycles. The molecule has 0 spiro atoms. The van der Waals surface area contributed by atoms with Gasteiger partial charge < -0.3 is 10.2 Å². The van der Waals surface area contributed by atoms with E-state index in [9.17, 15) is 0 Å². The highest BCUT2D eigenvalue weighted by Crippen LogP contribution is 2.15. The fraction of sp³-hybridized carbons (Fsp3) is 0.667. The molecule has 5 nitrogen and oxygen atoms in total. The SMILES string of the molecule is CNc1nc(Cl)nc(N(C)C(C)CSC)n1. The monoisotopic (exact) mass is 261 g/mol. The van der Waals surface area contributed by atoms with Crippen molar-refractivity contribution in [2.75, 3.05) is 36.3 Å². The van der Waals surface area contributed by atoms with Gasteiger partial charge in [0, 0.05) is 25.9 Å². The van der Waals surface area contributed by atoms with Crippen LogP contribution < -0.4 is 10.2 Å². The average Bonchev–Trinajstić information content (AvgIpc) is 2.27. The molecule has 1 unspecified atom stereocenters. The molecule has 0 radical (unpaired) electrons. The van der Waals surface area contributed by atoms with Gasteiger partial charge in [0.2, 0.25) is 17.2 Å². The second kappa shape index (κ2) is 6.10. The van der Waals surface area contributed by atoms with Crippen LogP contribution in [0.15, 0.2) is 0 Å². The molecule has 1 heterocycles. The van der Waals surface area contributed by atoms with E-state index in [1.807, 2.05) is 11.9 Å². The quantitative estimate of drug-likeness (QED) is 0.872. The maximum absolute atomic E-state index is 5.82. The van der Waals surface area contributed by atoms with E-state index in [1.54, 1.807) is 18.8 Å². The number of hydrogen-bond donors (Lipinski definition) is 1. The summed E-state index contributed by atoms with van der Waals surface area (Å²) in [6.45, 7) is 2.12. The minimum absolute atomic E-state index is 0.206. The lowest BCUT2D eigenvalue weighted by Gasteiger charge is -2.24. The first-order valence-corrected chi connectivity index (χ1v) is 6.66. The minimum Gasteiger partial charge on any atom is -0.357 e. The molecule has 90 valence electrons. The number of rotatable bonds is 5. The Hall–Kier alpha value is -0.750. The third-order valence-corrected chi connectivity index (χ3v) is 3.19. The number of nitrogens with zero attached hydrogens (tertiary/aromatic N) is 4. The fourth-order valence-electron chi connectivity index (χ4n) is 1.16. The molecule has 1 atom stereocenters. The van der Waals surface area contributed by atoms with Gasteiger partial charge >= 0.3 is 0 Å². The topological polar surface area (TPSA) is 53.9 Å². The molecule has 0 saturated carbocycles. The van der Waals surface area contributed by atoms with Gasteiger partial charge in [-0.05, 0) is 24.8 Å². The van der Waals surface area contributed by atoms with Crippen molar-refractivity contribution < 1.29 is 0 Å². The smallest absolute Gasteiger partial charge is 0.231 e. The molecule has 0 aliphatic carbocycles. The van der Waals surface area contributed by atoms with Crippen LogP contribution in [0.5, 0.6) is 0 Å². The van der Waals surface area contributed by atoms with Gasteiger partial charge in [0.1, 0.15) is 0 Å². The second-order valence-electron chi connectivity index (χ2n) is 3.39. The van der Waals surface area contributed by atoms with Crippen molar-refractivity contribution in [2.24, 2.45) is 0 Å². The standard InChI is InChI=1S/C9H16ClN5S/c1-6(5-16-4)15(3)9-13-7(10)12-8(11-2)14-9/h6H,5H2,1-4H3,(H,11,12,13,14). The van der Waals surface area contributed by atoms with Crippen molar-refractivity contribution in [3.8, 4) is 0 Å². The molecule has 0 bridgehead atoms. The summed E-state index contributed by atoms with van der Waals surface area (Å²) in [6.07, 6.45) is 2.07. The lowest BCUT2D eigenvalue weighted by Crippen LogP contribution is -2.32. The zero-order valence-electron chi connectivity index (χ0n) is 9.86. The van der Waals surface area contributed by atoms with E-state index in [-0.39, 0.29) is 5.28 Å². The maximum Gasteiger partial charge on any atom is 0.231 e. The van der Waals surface area contributed by atoms with E-state index in [2.05, 4.69) is 33.4 Å². The molecule has 0 aliphatic heterocycles. The number of nitrogens with one attached hydrogen (secondary N) is 1. The second-order valence-corrected chi connectivity index (χ2v) is 4.64. The van der Waals surface area contributed by atoms with Crippen molar-refractivity contribution >= 4 is 35.3 Å². The highest BCUT2D eigenvalue weighted by molar-refractivity contribution is 7.98. The molecule has 1 rings (SSSR count). The summed E-state index contributed by atoms with van der Waals surface area (Å²) in [5.74, 6) is 2.08. The Morgan fingerprint density at radius 2 is 2.12 bits per heavy atom. The van der Waals surface area contributed by atoms with Gasteiger partial charge in [0.25, 0.3) is 0 Å². The van der Waals surface area contributed by atoms with Crippen molar-refractivity contribution in [3.63, 3.8) is 0 Å². The third-order valence-electron chi connectivity index (χ3n) is 2.20. The molecule has 7 heteroatoms. The highest BCUT2D eigenvalue weighted by atomic mass is 35.5. The summed E-state index contributed by atoms with van der Waals surface area (Å²) in [5.41, 5.74) is 0. The van der Waals surface area contributed by atoms with Crippen molar-refractivity contribution in [3.05, 3.63) is 5.28 Å². The van der Waals surface area contributed by atoms with Gasteiger partial charge in [0.15, 0.2) is 0 Å². The molecular weight excluding hydrogens is 246 g/mol. The summed E-state index contributed by atoms with van der Waals surface area (Å²) in [4.78, 5) is 14.3. The molecule has 1 N–H and O–H groups in total. The zero-order chi connectivity index (χ0) is 12.1. The van der Waals surface area contributed by atoms with Gasteiger partial charge in [-0.15, -0.1) is 0 Å². The Bertz CT molecular complexity index is 349. The van der Waals surface area contributed by atoms with Crippen LogP contribution in [0.3, 0.4) is 0 Å². The summed E-state index contributed by atoms with van der Waals surface area (Å²) in [5, 5.41) is 3.06. The number of aromatic nitrogens is 3. The van der Waals surface area contributed by atoms with Gasteiger partial charge in [-0.3, -0.25) is 0 Å². The lowest BCUT2D eigenvalue weighted by atomic mass is 10.3. The van der Waals surface area contributed by atoms with E-state index in [1.165, 1.54) is 0 Å². The van der Waals surface area contributed by atoms with Crippen LogP contribution in [0.4, 0.5) is 11.9 Å². The van der Waals surface area contributed by atoms with Crippen LogP contribution in [-0.2, 0) is 0 Å². The van der Waals surface area contributed by atoms with E-state index in [4.69, 9.17) is 11.6 Å². The van der Waals surface area contributed by atoms with E-state index in [0.717, 1.165) is 5.75 Å². The Labute approximate surface area is 105 Å². The molecule has 1 aromatic heterocycles. The normalized spacial score (nSPS) is 12.3.